The molecule has 1 heterocycles. The van der Waals surface area contributed by atoms with E-state index in [9.17, 15) is 9.90 Å². The number of phenolic OH excluding ortho intramolecular Hbond substituents is 1. The third-order valence-electron chi connectivity index (χ3n) is 2.53. The lowest BCUT2D eigenvalue weighted by atomic mass is 10.1. The van der Waals surface area contributed by atoms with Crippen LogP contribution in [0.5, 0.6) is 11.5 Å². The van der Waals surface area contributed by atoms with Gasteiger partial charge in [0.15, 0.2) is 17.3 Å². The average Bonchev–Trinajstić information content (AvgIpc) is 2.85. The number of ketones is 1. The minimum Gasteiger partial charge on any atom is -0.504 e. The summed E-state index contributed by atoms with van der Waals surface area (Å²) in [4.78, 5) is 12.5. The Balaban J connectivity index is 2.23. The second kappa shape index (κ2) is 6.43. The Labute approximate surface area is 133 Å². The van der Waals surface area contributed by atoms with E-state index in [-0.39, 0.29) is 11.5 Å². The number of ether oxygens (including phenoxy) is 1. The van der Waals surface area contributed by atoms with E-state index in [1.54, 1.807) is 24.3 Å². The third kappa shape index (κ3) is 3.42. The lowest BCUT2D eigenvalue weighted by Gasteiger charge is -2.06. The van der Waals surface area contributed by atoms with Crippen LogP contribution in [0.2, 0.25) is 4.34 Å². The van der Waals surface area contributed by atoms with Crippen molar-refractivity contribution in [1.29, 1.82) is 0 Å². The highest BCUT2D eigenvalue weighted by atomic mass is 79.9. The van der Waals surface area contributed by atoms with Crippen molar-refractivity contribution in [2.45, 2.75) is 0 Å². The number of halogens is 2. The van der Waals surface area contributed by atoms with Gasteiger partial charge in [-0.25, -0.2) is 0 Å². The number of hydrogen-bond donors (Lipinski definition) is 1. The van der Waals surface area contributed by atoms with Crippen LogP contribution in [0.4, 0.5) is 0 Å². The Morgan fingerprint density at radius 3 is 2.80 bits per heavy atom. The normalized spacial score (nSPS) is 10.9. The zero-order chi connectivity index (χ0) is 14.7. The maximum Gasteiger partial charge on any atom is 0.195 e. The van der Waals surface area contributed by atoms with Gasteiger partial charge in [0.25, 0.3) is 0 Å². The summed E-state index contributed by atoms with van der Waals surface area (Å²) < 4.78 is 6.29. The fourth-order valence-electron chi connectivity index (χ4n) is 1.55. The molecule has 0 saturated carbocycles. The number of methoxy groups -OCH3 is 1. The molecule has 104 valence electrons. The quantitative estimate of drug-likeness (QED) is 0.620. The highest BCUT2D eigenvalue weighted by molar-refractivity contribution is 9.10. The number of phenols is 1. The van der Waals surface area contributed by atoms with Crippen LogP contribution in [-0.4, -0.2) is 18.0 Å². The third-order valence-corrected chi connectivity index (χ3v) is 4.46. The Morgan fingerprint density at radius 2 is 2.20 bits per heavy atom. The molecule has 0 aliphatic heterocycles. The van der Waals surface area contributed by atoms with Gasteiger partial charge in [-0.05, 0) is 42.0 Å². The van der Waals surface area contributed by atoms with E-state index >= 15 is 0 Å². The molecule has 0 radical (unpaired) electrons. The van der Waals surface area contributed by atoms with E-state index in [2.05, 4.69) is 15.9 Å². The van der Waals surface area contributed by atoms with Crippen LogP contribution < -0.4 is 4.74 Å². The lowest BCUT2D eigenvalue weighted by Crippen LogP contribution is -1.90. The maximum atomic E-state index is 11.9. The van der Waals surface area contributed by atoms with Crippen LogP contribution in [0.25, 0.3) is 6.08 Å². The summed E-state index contributed by atoms with van der Waals surface area (Å²) in [6.07, 6.45) is 3.06. The molecule has 20 heavy (non-hydrogen) atoms. The molecule has 0 unspecified atom stereocenters. The zero-order valence-electron chi connectivity index (χ0n) is 10.4. The van der Waals surface area contributed by atoms with Crippen LogP contribution in [0.15, 0.2) is 34.8 Å². The summed E-state index contributed by atoms with van der Waals surface area (Å²) in [5, 5.41) is 9.72. The molecule has 3 nitrogen and oxygen atoms in total. The second-order valence-corrected chi connectivity index (χ2v) is 6.42. The van der Waals surface area contributed by atoms with Crippen molar-refractivity contribution >= 4 is 50.7 Å². The first-order chi connectivity index (χ1) is 9.51. The van der Waals surface area contributed by atoms with Crippen molar-refractivity contribution < 1.29 is 14.6 Å². The predicted molar refractivity (Wildman–Crippen MR) is 85.1 cm³/mol. The van der Waals surface area contributed by atoms with Crippen molar-refractivity contribution in [3.8, 4) is 11.5 Å². The van der Waals surface area contributed by atoms with Gasteiger partial charge in [-0.2, -0.15) is 0 Å². The van der Waals surface area contributed by atoms with Gasteiger partial charge in [0.05, 0.1) is 16.3 Å². The Bertz CT molecular complexity index is 679. The van der Waals surface area contributed by atoms with Gasteiger partial charge >= 0.3 is 0 Å². The summed E-state index contributed by atoms with van der Waals surface area (Å²) in [5.41, 5.74) is 0.680. The van der Waals surface area contributed by atoms with E-state index in [4.69, 9.17) is 16.3 Å². The van der Waals surface area contributed by atoms with Gasteiger partial charge in [0.2, 0.25) is 0 Å². The summed E-state index contributed by atoms with van der Waals surface area (Å²) in [5.74, 6) is 0.247. The minimum atomic E-state index is -0.135. The first-order valence-electron chi connectivity index (χ1n) is 5.55. The predicted octanol–water partition coefficient (Wildman–Crippen LogP) is 4.77. The standard InChI is InChI=1S/C14H10BrClO3S/c1-19-12-7-9(15)8(6-11(12)18)2-3-10(17)13-4-5-14(16)20-13/h2-7,18H,1H3/b3-2+. The van der Waals surface area contributed by atoms with Crippen LogP contribution in [0, 0.1) is 0 Å². The molecule has 0 aliphatic carbocycles. The average molecular weight is 374 g/mol. The summed E-state index contributed by atoms with van der Waals surface area (Å²) in [7, 11) is 1.47. The second-order valence-electron chi connectivity index (χ2n) is 3.85. The molecule has 0 amide bonds. The fraction of sp³-hybridized carbons (Fsp3) is 0.0714. The van der Waals surface area contributed by atoms with E-state index in [1.165, 1.54) is 30.6 Å². The molecule has 0 fully saturated rings. The maximum absolute atomic E-state index is 11.9. The molecule has 0 aliphatic rings. The molecule has 6 heteroatoms. The van der Waals surface area contributed by atoms with Crippen molar-refractivity contribution in [3.05, 3.63) is 49.6 Å². The van der Waals surface area contributed by atoms with Crippen LogP contribution >= 0.6 is 38.9 Å². The van der Waals surface area contributed by atoms with Gasteiger partial charge in [0.1, 0.15) is 0 Å². The van der Waals surface area contributed by atoms with Crippen molar-refractivity contribution in [2.75, 3.05) is 7.11 Å². The van der Waals surface area contributed by atoms with Gasteiger partial charge in [-0.1, -0.05) is 27.5 Å². The smallest absolute Gasteiger partial charge is 0.195 e. The van der Waals surface area contributed by atoms with Crippen LogP contribution in [0.3, 0.4) is 0 Å². The number of carbonyl (C=O) groups excluding carboxylic acids is 1. The number of rotatable bonds is 4. The highest BCUT2D eigenvalue weighted by Gasteiger charge is 2.08. The summed E-state index contributed by atoms with van der Waals surface area (Å²) in [6, 6.07) is 6.53. The molecule has 1 aromatic heterocycles. The SMILES string of the molecule is COc1cc(Br)c(/C=C/C(=O)c2ccc(Cl)s2)cc1O. The topological polar surface area (TPSA) is 46.5 Å². The Hall–Kier alpha value is -1.30. The van der Waals surface area contributed by atoms with Gasteiger partial charge in [0, 0.05) is 4.47 Å². The van der Waals surface area contributed by atoms with Crippen molar-refractivity contribution in [2.24, 2.45) is 0 Å². The molecule has 0 bridgehead atoms. The Kier molecular flexibility index (Phi) is 4.86. The molecule has 0 atom stereocenters. The van der Waals surface area contributed by atoms with Gasteiger partial charge in [-0.3, -0.25) is 4.79 Å². The van der Waals surface area contributed by atoms with Crippen molar-refractivity contribution in [3.63, 3.8) is 0 Å². The van der Waals surface area contributed by atoms with Gasteiger partial charge in [-0.15, -0.1) is 11.3 Å². The van der Waals surface area contributed by atoms with E-state index < -0.39 is 0 Å². The van der Waals surface area contributed by atoms with E-state index in [0.717, 1.165) is 4.47 Å². The molecule has 2 aromatic rings. The largest absolute Gasteiger partial charge is 0.504 e. The Morgan fingerprint density at radius 1 is 1.45 bits per heavy atom. The summed E-state index contributed by atoms with van der Waals surface area (Å²) >= 11 is 10.4. The molecule has 0 spiro atoms. The van der Waals surface area contributed by atoms with Crippen molar-refractivity contribution in [1.82, 2.24) is 0 Å². The monoisotopic (exact) mass is 372 g/mol. The molecular formula is C14H10BrClO3S. The first kappa shape index (κ1) is 15.1. The minimum absolute atomic E-state index is 0.0157. The van der Waals surface area contributed by atoms with Gasteiger partial charge < -0.3 is 9.84 Å². The first-order valence-corrected chi connectivity index (χ1v) is 7.54. The number of aromatic hydroxyl groups is 1. The number of carbonyl (C=O) groups is 1. The molecule has 0 saturated heterocycles. The van der Waals surface area contributed by atoms with E-state index in [0.29, 0.717) is 20.5 Å². The van der Waals surface area contributed by atoms with E-state index in [1.807, 2.05) is 0 Å². The highest BCUT2D eigenvalue weighted by Crippen LogP contribution is 2.33. The number of thiophene rings is 1. The summed E-state index contributed by atoms with van der Waals surface area (Å²) in [6.45, 7) is 0. The zero-order valence-corrected chi connectivity index (χ0v) is 13.6. The molecular weight excluding hydrogens is 364 g/mol. The number of allylic oxidation sites excluding steroid dienone is 1. The molecule has 1 N–H and O–H groups in total. The lowest BCUT2D eigenvalue weighted by molar-refractivity contribution is 0.105. The number of benzene rings is 1. The number of hydrogen-bond acceptors (Lipinski definition) is 4. The van der Waals surface area contributed by atoms with Crippen LogP contribution in [0.1, 0.15) is 15.2 Å². The molecule has 1 aromatic carbocycles. The fourth-order valence-corrected chi connectivity index (χ4v) is 2.96. The molecule has 2 rings (SSSR count). The van der Waals surface area contributed by atoms with Crippen LogP contribution in [-0.2, 0) is 0 Å².